The second-order valence-electron chi connectivity index (χ2n) is 7.56. The van der Waals surface area contributed by atoms with Crippen molar-refractivity contribution in [3.05, 3.63) is 48.3 Å². The van der Waals surface area contributed by atoms with E-state index in [9.17, 15) is 9.59 Å². The minimum atomic E-state index is -0.101. The minimum Gasteiger partial charge on any atom is -0.468 e. The molecule has 0 saturated carbocycles. The predicted octanol–water partition coefficient (Wildman–Crippen LogP) is 2.68. The molecule has 1 atom stereocenters. The molecule has 7 heteroatoms. The summed E-state index contributed by atoms with van der Waals surface area (Å²) in [6, 6.07) is 7.35. The number of hydrogen-bond donors (Lipinski definition) is 1. The zero-order valence-electron chi connectivity index (χ0n) is 16.0. The van der Waals surface area contributed by atoms with Crippen molar-refractivity contribution in [3.63, 3.8) is 0 Å². The minimum absolute atomic E-state index is 0.0588. The molecule has 2 amide bonds. The monoisotopic (exact) mass is 385 g/mol. The summed E-state index contributed by atoms with van der Waals surface area (Å²) in [5.41, 5.74) is 0. The highest BCUT2D eigenvalue weighted by atomic mass is 16.3. The molecule has 2 aromatic rings. The van der Waals surface area contributed by atoms with Crippen molar-refractivity contribution in [1.82, 2.24) is 15.1 Å². The van der Waals surface area contributed by atoms with Gasteiger partial charge in [-0.2, -0.15) is 0 Å². The maximum absolute atomic E-state index is 12.7. The Morgan fingerprint density at radius 3 is 2.39 bits per heavy atom. The summed E-state index contributed by atoms with van der Waals surface area (Å²) in [5, 5.41) is 3.13. The molecule has 2 fully saturated rings. The van der Waals surface area contributed by atoms with Gasteiger partial charge in [-0.05, 0) is 63.0 Å². The zero-order chi connectivity index (χ0) is 19.3. The van der Waals surface area contributed by atoms with Crippen LogP contribution in [0.5, 0.6) is 0 Å². The lowest BCUT2D eigenvalue weighted by atomic mass is 9.95. The SMILES string of the molecule is O=C(NC[C@H](c1ccco1)N1CCCC1)C1CCN(C(=O)c2ccco2)CC1. The lowest BCUT2D eigenvalue weighted by Crippen LogP contribution is -2.44. The molecular weight excluding hydrogens is 358 g/mol. The molecule has 150 valence electrons. The van der Waals surface area contributed by atoms with Gasteiger partial charge in [0.1, 0.15) is 5.76 Å². The van der Waals surface area contributed by atoms with E-state index in [0.717, 1.165) is 18.8 Å². The Bertz CT molecular complexity index is 758. The van der Waals surface area contributed by atoms with Gasteiger partial charge in [0.05, 0.1) is 18.6 Å². The van der Waals surface area contributed by atoms with Crippen LogP contribution in [0.15, 0.2) is 45.6 Å². The Labute approximate surface area is 164 Å². The largest absolute Gasteiger partial charge is 0.468 e. The first-order valence-corrected chi connectivity index (χ1v) is 10.1. The molecule has 4 heterocycles. The molecule has 1 N–H and O–H groups in total. The summed E-state index contributed by atoms with van der Waals surface area (Å²) in [5.74, 6) is 1.17. The second kappa shape index (κ2) is 8.65. The first-order chi connectivity index (χ1) is 13.7. The third-order valence-corrected chi connectivity index (χ3v) is 5.81. The summed E-state index contributed by atoms with van der Waals surface area (Å²) >= 11 is 0. The zero-order valence-corrected chi connectivity index (χ0v) is 16.0. The molecule has 0 aromatic carbocycles. The number of piperidine rings is 1. The van der Waals surface area contributed by atoms with E-state index in [2.05, 4.69) is 10.2 Å². The van der Waals surface area contributed by atoms with Crippen LogP contribution in [0, 0.1) is 5.92 Å². The number of rotatable bonds is 6. The average molecular weight is 385 g/mol. The first-order valence-electron chi connectivity index (χ1n) is 10.1. The van der Waals surface area contributed by atoms with Gasteiger partial charge < -0.3 is 19.1 Å². The van der Waals surface area contributed by atoms with Crippen molar-refractivity contribution in [1.29, 1.82) is 0 Å². The number of hydrogen-bond acceptors (Lipinski definition) is 5. The highest BCUT2D eigenvalue weighted by Gasteiger charge is 2.30. The van der Waals surface area contributed by atoms with Crippen LogP contribution in [0.2, 0.25) is 0 Å². The quantitative estimate of drug-likeness (QED) is 0.827. The van der Waals surface area contributed by atoms with Crippen LogP contribution in [0.4, 0.5) is 0 Å². The Morgan fingerprint density at radius 1 is 1.04 bits per heavy atom. The molecular formula is C21H27N3O4. The van der Waals surface area contributed by atoms with Gasteiger partial charge in [-0.3, -0.25) is 14.5 Å². The number of carbonyl (C=O) groups excluding carboxylic acids is 2. The Balaban J connectivity index is 1.28. The Morgan fingerprint density at radius 2 is 1.75 bits per heavy atom. The van der Waals surface area contributed by atoms with Crippen molar-refractivity contribution in [2.45, 2.75) is 31.7 Å². The van der Waals surface area contributed by atoms with Crippen LogP contribution >= 0.6 is 0 Å². The molecule has 28 heavy (non-hydrogen) atoms. The van der Waals surface area contributed by atoms with Crippen molar-refractivity contribution < 1.29 is 18.4 Å². The number of nitrogens with zero attached hydrogens (tertiary/aromatic N) is 2. The number of amides is 2. The lowest BCUT2D eigenvalue weighted by Gasteiger charge is -2.31. The fraction of sp³-hybridized carbons (Fsp3) is 0.524. The van der Waals surface area contributed by atoms with E-state index in [-0.39, 0.29) is 23.8 Å². The third kappa shape index (κ3) is 4.14. The van der Waals surface area contributed by atoms with Crippen LogP contribution in [0.1, 0.15) is 48.0 Å². The van der Waals surface area contributed by atoms with E-state index in [4.69, 9.17) is 8.83 Å². The van der Waals surface area contributed by atoms with Crippen molar-refractivity contribution in [2.75, 3.05) is 32.7 Å². The molecule has 2 aliphatic rings. The van der Waals surface area contributed by atoms with Gasteiger partial charge in [-0.25, -0.2) is 0 Å². The topological polar surface area (TPSA) is 78.9 Å². The van der Waals surface area contributed by atoms with E-state index in [0.29, 0.717) is 38.2 Å². The average Bonchev–Trinajstić information content (AvgIpc) is 3.51. The number of nitrogens with one attached hydrogen (secondary N) is 1. The van der Waals surface area contributed by atoms with Crippen LogP contribution < -0.4 is 5.32 Å². The van der Waals surface area contributed by atoms with Crippen molar-refractivity contribution in [2.24, 2.45) is 5.92 Å². The molecule has 0 unspecified atom stereocenters. The van der Waals surface area contributed by atoms with Gasteiger partial charge >= 0.3 is 0 Å². The Kier molecular flexibility index (Phi) is 5.81. The number of carbonyl (C=O) groups is 2. The maximum Gasteiger partial charge on any atom is 0.289 e. The highest BCUT2D eigenvalue weighted by molar-refractivity contribution is 5.91. The predicted molar refractivity (Wildman–Crippen MR) is 103 cm³/mol. The Hall–Kier alpha value is -2.54. The molecule has 0 aliphatic carbocycles. The lowest BCUT2D eigenvalue weighted by molar-refractivity contribution is -0.126. The summed E-state index contributed by atoms with van der Waals surface area (Å²) < 4.78 is 10.8. The van der Waals surface area contributed by atoms with Gasteiger partial charge in [0.25, 0.3) is 5.91 Å². The molecule has 0 bridgehead atoms. The van der Waals surface area contributed by atoms with Crippen LogP contribution in [-0.2, 0) is 4.79 Å². The first kappa shape index (κ1) is 18.8. The standard InChI is InChI=1S/C21H27N3O4/c25-20(16-7-11-24(12-8-16)21(26)19-6-4-14-28-19)22-15-17(18-5-3-13-27-18)23-9-1-2-10-23/h3-6,13-14,16-17H,1-2,7-12,15H2,(H,22,25)/t17-/m1/s1. The molecule has 2 aromatic heterocycles. The second-order valence-corrected chi connectivity index (χ2v) is 7.56. The fourth-order valence-corrected chi connectivity index (χ4v) is 4.19. The van der Waals surface area contributed by atoms with E-state index in [1.807, 2.05) is 12.1 Å². The highest BCUT2D eigenvalue weighted by Crippen LogP contribution is 2.25. The molecule has 4 rings (SSSR count). The van der Waals surface area contributed by atoms with Gasteiger partial charge in [-0.15, -0.1) is 0 Å². The third-order valence-electron chi connectivity index (χ3n) is 5.81. The van der Waals surface area contributed by atoms with E-state index in [1.54, 1.807) is 23.3 Å². The van der Waals surface area contributed by atoms with E-state index < -0.39 is 0 Å². The molecule has 7 nitrogen and oxygen atoms in total. The molecule has 0 radical (unpaired) electrons. The maximum atomic E-state index is 12.7. The summed E-state index contributed by atoms with van der Waals surface area (Å²) in [4.78, 5) is 29.2. The van der Waals surface area contributed by atoms with Gasteiger partial charge in [0.2, 0.25) is 5.91 Å². The van der Waals surface area contributed by atoms with E-state index >= 15 is 0 Å². The van der Waals surface area contributed by atoms with Gasteiger partial charge in [-0.1, -0.05) is 0 Å². The van der Waals surface area contributed by atoms with E-state index in [1.165, 1.54) is 19.1 Å². The number of furan rings is 2. The number of likely N-dealkylation sites (tertiary alicyclic amines) is 2. The van der Waals surface area contributed by atoms with Crippen molar-refractivity contribution in [3.8, 4) is 0 Å². The summed E-state index contributed by atoms with van der Waals surface area (Å²) in [6.07, 6.45) is 6.91. The van der Waals surface area contributed by atoms with Crippen molar-refractivity contribution >= 4 is 11.8 Å². The van der Waals surface area contributed by atoms with Gasteiger partial charge in [0.15, 0.2) is 5.76 Å². The summed E-state index contributed by atoms with van der Waals surface area (Å²) in [6.45, 7) is 3.78. The van der Waals surface area contributed by atoms with Crippen LogP contribution in [0.25, 0.3) is 0 Å². The smallest absolute Gasteiger partial charge is 0.289 e. The van der Waals surface area contributed by atoms with Crippen LogP contribution in [-0.4, -0.2) is 54.3 Å². The normalized spacial score (nSPS) is 19.6. The van der Waals surface area contributed by atoms with Crippen LogP contribution in [0.3, 0.4) is 0 Å². The molecule has 2 saturated heterocycles. The molecule has 2 aliphatic heterocycles. The summed E-state index contributed by atoms with van der Waals surface area (Å²) in [7, 11) is 0. The molecule has 0 spiro atoms. The van der Waals surface area contributed by atoms with Gasteiger partial charge in [0, 0.05) is 25.6 Å². The fourth-order valence-electron chi connectivity index (χ4n) is 4.19.